The number of nitrogens with two attached hydrogens (primary N) is 1. The SMILES string of the molecule is COc1cc(OC)c(-c2csc(NN)n2)c(OC)c1. The molecule has 3 N–H and O–H groups in total. The maximum Gasteiger partial charge on any atom is 0.197 e. The first kappa shape index (κ1) is 13.4. The van der Waals surface area contributed by atoms with E-state index in [0.29, 0.717) is 22.4 Å². The molecule has 0 radical (unpaired) electrons. The van der Waals surface area contributed by atoms with Gasteiger partial charge in [-0.1, -0.05) is 0 Å². The molecular weight excluding hydrogens is 266 g/mol. The minimum absolute atomic E-state index is 0.620. The van der Waals surface area contributed by atoms with Crippen molar-refractivity contribution < 1.29 is 14.2 Å². The first-order valence-electron chi connectivity index (χ1n) is 5.46. The van der Waals surface area contributed by atoms with Crippen LogP contribution in [-0.2, 0) is 0 Å². The topological polar surface area (TPSA) is 78.6 Å². The largest absolute Gasteiger partial charge is 0.496 e. The van der Waals surface area contributed by atoms with E-state index < -0.39 is 0 Å². The van der Waals surface area contributed by atoms with E-state index in [9.17, 15) is 0 Å². The number of anilines is 1. The lowest BCUT2D eigenvalue weighted by Crippen LogP contribution is -2.05. The average Bonchev–Trinajstić information content (AvgIpc) is 2.94. The Hall–Kier alpha value is -1.99. The molecule has 2 rings (SSSR count). The van der Waals surface area contributed by atoms with Crippen molar-refractivity contribution in [3.63, 3.8) is 0 Å². The van der Waals surface area contributed by atoms with Crippen LogP contribution in [0.5, 0.6) is 17.2 Å². The Balaban J connectivity index is 2.59. The van der Waals surface area contributed by atoms with Crippen LogP contribution in [-0.4, -0.2) is 26.3 Å². The molecule has 0 saturated heterocycles. The van der Waals surface area contributed by atoms with Crippen LogP contribution >= 0.6 is 11.3 Å². The van der Waals surface area contributed by atoms with Gasteiger partial charge in [-0.15, -0.1) is 11.3 Å². The number of rotatable bonds is 5. The summed E-state index contributed by atoms with van der Waals surface area (Å²) >= 11 is 1.40. The number of hydrogen-bond donors (Lipinski definition) is 2. The van der Waals surface area contributed by atoms with Crippen LogP contribution in [0.2, 0.25) is 0 Å². The average molecular weight is 281 g/mol. The van der Waals surface area contributed by atoms with Crippen molar-refractivity contribution in [3.8, 4) is 28.5 Å². The molecule has 0 unspecified atom stereocenters. The van der Waals surface area contributed by atoms with Crippen molar-refractivity contribution in [2.45, 2.75) is 0 Å². The zero-order chi connectivity index (χ0) is 13.8. The maximum absolute atomic E-state index is 5.38. The van der Waals surface area contributed by atoms with Gasteiger partial charge in [-0.05, 0) is 0 Å². The van der Waals surface area contributed by atoms with Gasteiger partial charge in [-0.25, -0.2) is 10.8 Å². The lowest BCUT2D eigenvalue weighted by Gasteiger charge is -2.13. The monoisotopic (exact) mass is 281 g/mol. The molecule has 102 valence electrons. The molecule has 2 aromatic rings. The molecule has 1 aromatic carbocycles. The highest BCUT2D eigenvalue weighted by molar-refractivity contribution is 7.14. The lowest BCUT2D eigenvalue weighted by molar-refractivity contribution is 0.377. The van der Waals surface area contributed by atoms with Gasteiger partial charge in [0.05, 0.1) is 32.6 Å². The third-order valence-electron chi connectivity index (χ3n) is 2.60. The smallest absolute Gasteiger partial charge is 0.197 e. The zero-order valence-electron chi connectivity index (χ0n) is 10.9. The summed E-state index contributed by atoms with van der Waals surface area (Å²) < 4.78 is 16.0. The summed E-state index contributed by atoms with van der Waals surface area (Å²) in [6.45, 7) is 0. The van der Waals surface area contributed by atoms with Gasteiger partial charge in [0.25, 0.3) is 0 Å². The Morgan fingerprint density at radius 3 is 2.16 bits per heavy atom. The number of nitrogen functional groups attached to an aromatic ring is 1. The molecule has 19 heavy (non-hydrogen) atoms. The number of ether oxygens (including phenoxy) is 3. The van der Waals surface area contributed by atoms with E-state index in [-0.39, 0.29) is 0 Å². The molecule has 6 nitrogen and oxygen atoms in total. The number of nitrogens with one attached hydrogen (secondary N) is 1. The lowest BCUT2D eigenvalue weighted by atomic mass is 10.1. The van der Waals surface area contributed by atoms with Crippen LogP contribution in [0.15, 0.2) is 17.5 Å². The zero-order valence-corrected chi connectivity index (χ0v) is 11.7. The number of aromatic nitrogens is 1. The third kappa shape index (κ3) is 2.56. The molecule has 0 fully saturated rings. The van der Waals surface area contributed by atoms with Crippen LogP contribution < -0.4 is 25.5 Å². The Bertz CT molecular complexity index is 546. The highest BCUT2D eigenvalue weighted by Crippen LogP contribution is 2.42. The number of hydrogen-bond acceptors (Lipinski definition) is 7. The molecule has 0 aliphatic rings. The van der Waals surface area contributed by atoms with Gasteiger partial charge in [0.1, 0.15) is 17.2 Å². The fraction of sp³-hybridized carbons (Fsp3) is 0.250. The van der Waals surface area contributed by atoms with Crippen LogP contribution in [0, 0.1) is 0 Å². The molecule has 0 saturated carbocycles. The Labute approximate surface area is 115 Å². The summed E-state index contributed by atoms with van der Waals surface area (Å²) in [5.41, 5.74) is 4.01. The first-order chi connectivity index (χ1) is 9.23. The maximum atomic E-state index is 5.38. The van der Waals surface area contributed by atoms with Gasteiger partial charge in [0.2, 0.25) is 0 Å². The van der Waals surface area contributed by atoms with Gasteiger partial charge in [0, 0.05) is 17.5 Å². The van der Waals surface area contributed by atoms with E-state index in [0.717, 1.165) is 11.3 Å². The molecule has 7 heteroatoms. The summed E-state index contributed by atoms with van der Waals surface area (Å²) in [7, 11) is 4.77. The van der Waals surface area contributed by atoms with Crippen molar-refractivity contribution in [2.24, 2.45) is 5.84 Å². The van der Waals surface area contributed by atoms with E-state index in [1.165, 1.54) is 11.3 Å². The number of thiazole rings is 1. The summed E-state index contributed by atoms with van der Waals surface area (Å²) in [6.07, 6.45) is 0. The second-order valence-corrected chi connectivity index (χ2v) is 4.45. The highest BCUT2D eigenvalue weighted by Gasteiger charge is 2.17. The molecule has 0 aliphatic carbocycles. The predicted molar refractivity (Wildman–Crippen MR) is 75.0 cm³/mol. The molecule has 1 aromatic heterocycles. The summed E-state index contributed by atoms with van der Waals surface area (Å²) in [5.74, 6) is 7.26. The van der Waals surface area contributed by atoms with E-state index in [1.54, 1.807) is 33.5 Å². The van der Waals surface area contributed by atoms with E-state index in [1.807, 2.05) is 5.38 Å². The van der Waals surface area contributed by atoms with Gasteiger partial charge in [-0.3, -0.25) is 5.43 Å². The third-order valence-corrected chi connectivity index (χ3v) is 3.37. The quantitative estimate of drug-likeness (QED) is 0.645. The van der Waals surface area contributed by atoms with Crippen LogP contribution in [0.3, 0.4) is 0 Å². The van der Waals surface area contributed by atoms with Crippen LogP contribution in [0.25, 0.3) is 11.3 Å². The van der Waals surface area contributed by atoms with Gasteiger partial charge >= 0.3 is 0 Å². The van der Waals surface area contributed by atoms with Crippen LogP contribution in [0.4, 0.5) is 5.13 Å². The first-order valence-corrected chi connectivity index (χ1v) is 6.34. The molecule has 0 aliphatic heterocycles. The fourth-order valence-electron chi connectivity index (χ4n) is 1.71. The summed E-state index contributed by atoms with van der Waals surface area (Å²) in [5, 5.41) is 2.50. The van der Waals surface area contributed by atoms with Crippen molar-refractivity contribution in [2.75, 3.05) is 26.8 Å². The number of benzene rings is 1. The number of methoxy groups -OCH3 is 3. The van der Waals surface area contributed by atoms with E-state index >= 15 is 0 Å². The molecule has 0 atom stereocenters. The van der Waals surface area contributed by atoms with Gasteiger partial charge in [-0.2, -0.15) is 0 Å². The molecule has 0 amide bonds. The van der Waals surface area contributed by atoms with E-state index in [4.69, 9.17) is 20.1 Å². The molecule has 0 bridgehead atoms. The molecular formula is C12H15N3O3S. The van der Waals surface area contributed by atoms with Crippen molar-refractivity contribution in [3.05, 3.63) is 17.5 Å². The van der Waals surface area contributed by atoms with Gasteiger partial charge < -0.3 is 14.2 Å². The minimum atomic E-state index is 0.620. The molecule has 1 heterocycles. The standard InChI is InChI=1S/C12H15N3O3S/c1-16-7-4-9(17-2)11(10(5-7)18-3)8-6-19-12(14-8)15-13/h4-6H,13H2,1-3H3,(H,14,15). The Kier molecular flexibility index (Phi) is 4.08. The normalized spacial score (nSPS) is 10.1. The van der Waals surface area contributed by atoms with E-state index in [2.05, 4.69) is 10.4 Å². The Morgan fingerprint density at radius 2 is 1.74 bits per heavy atom. The number of hydrazine groups is 1. The second-order valence-electron chi connectivity index (χ2n) is 3.59. The van der Waals surface area contributed by atoms with Crippen LogP contribution in [0.1, 0.15) is 0 Å². The number of nitrogens with zero attached hydrogens (tertiary/aromatic N) is 1. The van der Waals surface area contributed by atoms with Crippen molar-refractivity contribution >= 4 is 16.5 Å². The Morgan fingerprint density at radius 1 is 1.11 bits per heavy atom. The molecule has 0 spiro atoms. The van der Waals surface area contributed by atoms with Gasteiger partial charge in [0.15, 0.2) is 5.13 Å². The fourth-order valence-corrected chi connectivity index (χ4v) is 2.33. The summed E-state index contributed by atoms with van der Waals surface area (Å²) in [6, 6.07) is 3.57. The predicted octanol–water partition coefficient (Wildman–Crippen LogP) is 2.12. The second kappa shape index (κ2) is 5.77. The van der Waals surface area contributed by atoms with Crippen molar-refractivity contribution in [1.29, 1.82) is 0 Å². The van der Waals surface area contributed by atoms with Crippen molar-refractivity contribution in [1.82, 2.24) is 4.98 Å². The minimum Gasteiger partial charge on any atom is -0.496 e. The highest BCUT2D eigenvalue weighted by atomic mass is 32.1. The summed E-state index contributed by atoms with van der Waals surface area (Å²) in [4.78, 5) is 4.35.